The van der Waals surface area contributed by atoms with E-state index in [9.17, 15) is 4.79 Å². The van der Waals surface area contributed by atoms with Crippen LogP contribution in [-0.4, -0.2) is 18.0 Å². The number of benzene rings is 1. The number of hydrogen-bond acceptors (Lipinski definition) is 2. The summed E-state index contributed by atoms with van der Waals surface area (Å²) in [7, 11) is 0. The van der Waals surface area contributed by atoms with Gasteiger partial charge in [0.15, 0.2) is 5.96 Å². The number of rotatable bonds is 2. The van der Waals surface area contributed by atoms with Gasteiger partial charge in [0.25, 0.3) is 0 Å². The molecule has 0 atom stereocenters. The van der Waals surface area contributed by atoms with Crippen molar-refractivity contribution in [2.45, 2.75) is 33.7 Å². The SMILES string of the molecule is Cc1cccc(C)c1NC(=O)NC(=N)NC(C)C. The molecule has 0 bridgehead atoms. The number of aryl methyl sites for hydroxylation is 2. The van der Waals surface area contributed by atoms with Crippen LogP contribution in [0, 0.1) is 19.3 Å². The number of amides is 2. The van der Waals surface area contributed by atoms with Crippen molar-refractivity contribution in [3.8, 4) is 0 Å². The van der Waals surface area contributed by atoms with E-state index in [1.54, 1.807) is 0 Å². The summed E-state index contributed by atoms with van der Waals surface area (Å²) in [6.45, 7) is 7.67. The zero-order chi connectivity index (χ0) is 13.7. The minimum absolute atomic E-state index is 0.00580. The van der Waals surface area contributed by atoms with Gasteiger partial charge in [-0.2, -0.15) is 0 Å². The molecule has 5 nitrogen and oxygen atoms in total. The quantitative estimate of drug-likeness (QED) is 0.479. The molecule has 4 N–H and O–H groups in total. The van der Waals surface area contributed by atoms with Crippen LogP contribution in [0.25, 0.3) is 0 Å². The first-order valence-electron chi connectivity index (χ1n) is 5.89. The summed E-state index contributed by atoms with van der Waals surface area (Å²) in [5.74, 6) is -0.00580. The second kappa shape index (κ2) is 6.05. The van der Waals surface area contributed by atoms with Crippen molar-refractivity contribution in [3.63, 3.8) is 0 Å². The standard InChI is InChI=1S/C13H20N4O/c1-8(2)15-12(14)17-13(18)16-11-9(3)6-5-7-10(11)4/h5-8H,1-4H3,(H4,14,15,16,17,18). The van der Waals surface area contributed by atoms with Gasteiger partial charge in [0.05, 0.1) is 0 Å². The van der Waals surface area contributed by atoms with Crippen molar-refractivity contribution >= 4 is 17.7 Å². The van der Waals surface area contributed by atoms with Crippen molar-refractivity contribution in [3.05, 3.63) is 29.3 Å². The van der Waals surface area contributed by atoms with E-state index in [4.69, 9.17) is 5.41 Å². The lowest BCUT2D eigenvalue weighted by molar-refractivity contribution is 0.255. The van der Waals surface area contributed by atoms with E-state index in [2.05, 4.69) is 16.0 Å². The highest BCUT2D eigenvalue weighted by Crippen LogP contribution is 2.18. The summed E-state index contributed by atoms with van der Waals surface area (Å²) in [5.41, 5.74) is 2.77. The third-order valence-electron chi connectivity index (χ3n) is 2.39. The minimum Gasteiger partial charge on any atom is -0.354 e. The van der Waals surface area contributed by atoms with Crippen molar-refractivity contribution in [1.82, 2.24) is 10.6 Å². The first-order valence-corrected chi connectivity index (χ1v) is 5.89. The molecule has 0 aliphatic rings. The number of guanidine groups is 1. The molecule has 0 radical (unpaired) electrons. The molecule has 0 heterocycles. The Morgan fingerprint density at radius 1 is 1.22 bits per heavy atom. The number of carbonyl (C=O) groups is 1. The number of urea groups is 1. The zero-order valence-electron chi connectivity index (χ0n) is 11.2. The van der Waals surface area contributed by atoms with Gasteiger partial charge in [-0.3, -0.25) is 10.7 Å². The van der Waals surface area contributed by atoms with Gasteiger partial charge in [-0.05, 0) is 38.8 Å². The number of nitrogens with one attached hydrogen (secondary N) is 4. The molecule has 0 spiro atoms. The molecular weight excluding hydrogens is 228 g/mol. The van der Waals surface area contributed by atoms with Crippen LogP contribution < -0.4 is 16.0 Å². The van der Waals surface area contributed by atoms with Gasteiger partial charge in [0.1, 0.15) is 0 Å². The molecule has 1 aromatic carbocycles. The van der Waals surface area contributed by atoms with Gasteiger partial charge in [-0.25, -0.2) is 4.79 Å². The average molecular weight is 248 g/mol. The molecule has 5 heteroatoms. The van der Waals surface area contributed by atoms with Crippen molar-refractivity contribution in [1.29, 1.82) is 5.41 Å². The summed E-state index contributed by atoms with van der Waals surface area (Å²) >= 11 is 0. The minimum atomic E-state index is -0.412. The maximum atomic E-state index is 11.7. The van der Waals surface area contributed by atoms with Crippen LogP contribution in [0.15, 0.2) is 18.2 Å². The smallest absolute Gasteiger partial charge is 0.326 e. The fourth-order valence-corrected chi connectivity index (χ4v) is 1.59. The molecule has 98 valence electrons. The molecule has 0 fully saturated rings. The Hall–Kier alpha value is -2.04. The van der Waals surface area contributed by atoms with Crippen molar-refractivity contribution < 1.29 is 4.79 Å². The zero-order valence-corrected chi connectivity index (χ0v) is 11.2. The van der Waals surface area contributed by atoms with E-state index < -0.39 is 6.03 Å². The van der Waals surface area contributed by atoms with Crippen LogP contribution in [0.5, 0.6) is 0 Å². The van der Waals surface area contributed by atoms with Crippen LogP contribution in [-0.2, 0) is 0 Å². The molecule has 0 saturated heterocycles. The first-order chi connectivity index (χ1) is 8.40. The lowest BCUT2D eigenvalue weighted by atomic mass is 10.1. The predicted molar refractivity (Wildman–Crippen MR) is 74.1 cm³/mol. The third-order valence-corrected chi connectivity index (χ3v) is 2.39. The van der Waals surface area contributed by atoms with E-state index in [1.165, 1.54) is 0 Å². The molecule has 0 unspecified atom stereocenters. The molecule has 1 rings (SSSR count). The van der Waals surface area contributed by atoms with E-state index >= 15 is 0 Å². The molecule has 18 heavy (non-hydrogen) atoms. The maximum Gasteiger partial charge on any atom is 0.326 e. The normalized spacial score (nSPS) is 10.1. The van der Waals surface area contributed by atoms with Gasteiger partial charge in [0, 0.05) is 11.7 Å². The number of hydrogen-bond donors (Lipinski definition) is 4. The highest BCUT2D eigenvalue weighted by atomic mass is 16.2. The van der Waals surface area contributed by atoms with Crippen LogP contribution in [0.4, 0.5) is 10.5 Å². The van der Waals surface area contributed by atoms with Gasteiger partial charge < -0.3 is 10.6 Å². The summed E-state index contributed by atoms with van der Waals surface area (Å²) in [6, 6.07) is 5.50. The summed E-state index contributed by atoms with van der Waals surface area (Å²) < 4.78 is 0. The van der Waals surface area contributed by atoms with Crippen LogP contribution >= 0.6 is 0 Å². The Kier molecular flexibility index (Phi) is 4.71. The number of anilines is 1. The van der Waals surface area contributed by atoms with E-state index in [-0.39, 0.29) is 12.0 Å². The Balaban J connectivity index is 2.63. The maximum absolute atomic E-state index is 11.7. The summed E-state index contributed by atoms with van der Waals surface area (Å²) in [5, 5.41) is 15.5. The molecular formula is C13H20N4O. The van der Waals surface area contributed by atoms with E-state index in [1.807, 2.05) is 45.9 Å². The van der Waals surface area contributed by atoms with Gasteiger partial charge in [-0.1, -0.05) is 18.2 Å². The lowest BCUT2D eigenvalue weighted by Crippen LogP contribution is -2.44. The van der Waals surface area contributed by atoms with Gasteiger partial charge in [-0.15, -0.1) is 0 Å². The fraction of sp³-hybridized carbons (Fsp3) is 0.385. The van der Waals surface area contributed by atoms with E-state index in [0.717, 1.165) is 16.8 Å². The number of para-hydroxylation sites is 1. The first kappa shape index (κ1) is 14.0. The highest BCUT2D eigenvalue weighted by molar-refractivity contribution is 6.02. The summed E-state index contributed by atoms with van der Waals surface area (Å²) in [6.07, 6.45) is 0. The van der Waals surface area contributed by atoms with Gasteiger partial charge >= 0.3 is 6.03 Å². The lowest BCUT2D eigenvalue weighted by Gasteiger charge is -2.14. The molecule has 2 amide bonds. The van der Waals surface area contributed by atoms with Crippen LogP contribution in [0.3, 0.4) is 0 Å². The summed E-state index contributed by atoms with van der Waals surface area (Å²) in [4.78, 5) is 11.7. The second-order valence-corrected chi connectivity index (χ2v) is 4.52. The Morgan fingerprint density at radius 2 is 1.78 bits per heavy atom. The molecule has 0 aromatic heterocycles. The van der Waals surface area contributed by atoms with Gasteiger partial charge in [0.2, 0.25) is 0 Å². The third kappa shape index (κ3) is 4.08. The Morgan fingerprint density at radius 3 is 2.28 bits per heavy atom. The molecule has 0 saturated carbocycles. The topological polar surface area (TPSA) is 77.0 Å². The van der Waals surface area contributed by atoms with E-state index in [0.29, 0.717) is 0 Å². The Bertz CT molecular complexity index is 434. The molecule has 1 aromatic rings. The monoisotopic (exact) mass is 248 g/mol. The number of carbonyl (C=O) groups excluding carboxylic acids is 1. The highest BCUT2D eigenvalue weighted by Gasteiger charge is 2.08. The van der Waals surface area contributed by atoms with Crippen molar-refractivity contribution in [2.75, 3.05) is 5.32 Å². The largest absolute Gasteiger partial charge is 0.354 e. The predicted octanol–water partition coefficient (Wildman–Crippen LogP) is 2.36. The van der Waals surface area contributed by atoms with Crippen LogP contribution in [0.1, 0.15) is 25.0 Å². The fourth-order valence-electron chi connectivity index (χ4n) is 1.59. The Labute approximate surface area is 107 Å². The average Bonchev–Trinajstić information content (AvgIpc) is 2.22. The van der Waals surface area contributed by atoms with Crippen LogP contribution in [0.2, 0.25) is 0 Å². The van der Waals surface area contributed by atoms with Crippen molar-refractivity contribution in [2.24, 2.45) is 0 Å². The molecule has 0 aliphatic heterocycles. The molecule has 0 aliphatic carbocycles. The second-order valence-electron chi connectivity index (χ2n) is 4.52.